The molecule has 0 heterocycles. The van der Waals surface area contributed by atoms with Gasteiger partial charge in [-0.15, -0.1) is 0 Å². The molecule has 6 nitrogen and oxygen atoms in total. The summed E-state index contributed by atoms with van der Waals surface area (Å²) >= 11 is 0. The number of hydrogen-bond donors (Lipinski definition) is 0. The van der Waals surface area contributed by atoms with Crippen LogP contribution < -0.4 is 0 Å². The fourth-order valence-corrected chi connectivity index (χ4v) is 1.15. The molecule has 0 aliphatic rings. The van der Waals surface area contributed by atoms with Crippen LogP contribution in [0, 0.1) is 10.1 Å². The molecule has 0 saturated heterocycles. The number of nitro benzene ring substituents is 1. The van der Waals surface area contributed by atoms with E-state index in [9.17, 15) is 19.7 Å². The number of hydrogen-bond acceptors (Lipinski definition) is 5. The van der Waals surface area contributed by atoms with Gasteiger partial charge >= 0.3 is 5.97 Å². The normalized spacial score (nSPS) is 9.56. The molecule has 0 amide bonds. The molecule has 6 heteroatoms. The van der Waals surface area contributed by atoms with Gasteiger partial charge in [-0.2, -0.15) is 0 Å². The standard InChI is InChI=1S/C10H9NO5/c1-2-16-10(13)8-4-3-7(6-12)5-9(8)11(14)15/h3-6H,2H2,1H3. The summed E-state index contributed by atoms with van der Waals surface area (Å²) in [6.45, 7) is 1.73. The average molecular weight is 223 g/mol. The molecule has 0 aromatic heterocycles. The highest BCUT2D eigenvalue weighted by Crippen LogP contribution is 2.20. The van der Waals surface area contributed by atoms with E-state index in [1.807, 2.05) is 0 Å². The number of carbonyl (C=O) groups is 2. The van der Waals surface area contributed by atoms with Crippen LogP contribution in [0.25, 0.3) is 0 Å². The minimum atomic E-state index is -0.772. The second kappa shape index (κ2) is 5.01. The Labute approximate surface area is 91.0 Å². The van der Waals surface area contributed by atoms with Gasteiger partial charge in [0.25, 0.3) is 5.69 Å². The highest BCUT2D eigenvalue weighted by atomic mass is 16.6. The van der Waals surface area contributed by atoms with Crippen molar-refractivity contribution < 1.29 is 19.2 Å². The molecule has 0 N–H and O–H groups in total. The van der Waals surface area contributed by atoms with Crippen LogP contribution in [0.1, 0.15) is 27.6 Å². The highest BCUT2D eigenvalue weighted by molar-refractivity contribution is 5.95. The van der Waals surface area contributed by atoms with Crippen LogP contribution in [-0.2, 0) is 4.74 Å². The molecule has 0 unspecified atom stereocenters. The van der Waals surface area contributed by atoms with Gasteiger partial charge in [0, 0.05) is 11.6 Å². The van der Waals surface area contributed by atoms with Gasteiger partial charge in [0.05, 0.1) is 11.5 Å². The van der Waals surface area contributed by atoms with Gasteiger partial charge in [-0.1, -0.05) is 6.07 Å². The van der Waals surface area contributed by atoms with Crippen LogP contribution in [0.2, 0.25) is 0 Å². The van der Waals surface area contributed by atoms with Crippen LogP contribution in [0.3, 0.4) is 0 Å². The van der Waals surface area contributed by atoms with E-state index in [0.29, 0.717) is 6.29 Å². The topological polar surface area (TPSA) is 86.5 Å². The Kier molecular flexibility index (Phi) is 3.71. The number of nitrogens with zero attached hydrogens (tertiary/aromatic N) is 1. The molecule has 0 aliphatic carbocycles. The predicted molar refractivity (Wildman–Crippen MR) is 54.4 cm³/mol. The Balaban J connectivity index is 3.22. The van der Waals surface area contributed by atoms with E-state index in [1.165, 1.54) is 12.1 Å². The summed E-state index contributed by atoms with van der Waals surface area (Å²) in [7, 11) is 0. The molecule has 16 heavy (non-hydrogen) atoms. The van der Waals surface area contributed by atoms with Crippen LogP contribution >= 0.6 is 0 Å². The SMILES string of the molecule is CCOC(=O)c1ccc(C=O)cc1[N+](=O)[O-]. The molecule has 1 aromatic rings. The highest BCUT2D eigenvalue weighted by Gasteiger charge is 2.21. The van der Waals surface area contributed by atoms with Crippen molar-refractivity contribution in [2.24, 2.45) is 0 Å². The third-order valence-corrected chi connectivity index (χ3v) is 1.85. The van der Waals surface area contributed by atoms with Crippen LogP contribution in [-0.4, -0.2) is 23.8 Å². The molecule has 0 aliphatic heterocycles. The van der Waals surface area contributed by atoms with E-state index in [1.54, 1.807) is 6.92 Å². The molecular weight excluding hydrogens is 214 g/mol. The van der Waals surface area contributed by atoms with Gasteiger partial charge in [0.2, 0.25) is 0 Å². The predicted octanol–water partition coefficient (Wildman–Crippen LogP) is 1.58. The molecule has 84 valence electrons. The maximum absolute atomic E-state index is 11.4. The van der Waals surface area contributed by atoms with Crippen molar-refractivity contribution in [3.05, 3.63) is 39.4 Å². The molecule has 0 saturated carbocycles. The van der Waals surface area contributed by atoms with Gasteiger partial charge in [0.15, 0.2) is 0 Å². The number of ether oxygens (including phenoxy) is 1. The Bertz CT molecular complexity index is 441. The molecular formula is C10H9NO5. The van der Waals surface area contributed by atoms with Gasteiger partial charge < -0.3 is 4.74 Å². The van der Waals surface area contributed by atoms with E-state index in [2.05, 4.69) is 4.74 Å². The summed E-state index contributed by atoms with van der Waals surface area (Å²) in [4.78, 5) is 31.8. The van der Waals surface area contributed by atoms with Gasteiger partial charge in [0.1, 0.15) is 11.8 Å². The summed E-state index contributed by atoms with van der Waals surface area (Å²) in [5.41, 5.74) is -0.444. The van der Waals surface area contributed by atoms with Crippen molar-refractivity contribution in [1.82, 2.24) is 0 Å². The zero-order valence-corrected chi connectivity index (χ0v) is 8.50. The first-order chi connectivity index (χ1) is 7.60. The Morgan fingerprint density at radius 1 is 1.56 bits per heavy atom. The van der Waals surface area contributed by atoms with Crippen molar-refractivity contribution in [3.8, 4) is 0 Å². The maximum Gasteiger partial charge on any atom is 0.345 e. The fourth-order valence-electron chi connectivity index (χ4n) is 1.15. The van der Waals surface area contributed by atoms with Gasteiger partial charge in [-0.25, -0.2) is 4.79 Å². The van der Waals surface area contributed by atoms with Crippen molar-refractivity contribution >= 4 is 17.9 Å². The molecule has 0 atom stereocenters. The summed E-state index contributed by atoms with van der Waals surface area (Å²) in [6.07, 6.45) is 0.474. The summed E-state index contributed by atoms with van der Waals surface area (Å²) in [6, 6.07) is 3.57. The molecule has 1 rings (SSSR count). The lowest BCUT2D eigenvalue weighted by Crippen LogP contribution is -2.08. The summed E-state index contributed by atoms with van der Waals surface area (Å²) < 4.78 is 4.66. The first-order valence-electron chi connectivity index (χ1n) is 4.51. The first-order valence-corrected chi connectivity index (χ1v) is 4.51. The molecule has 0 radical (unpaired) electrons. The lowest BCUT2D eigenvalue weighted by Gasteiger charge is -2.02. The van der Waals surface area contributed by atoms with E-state index >= 15 is 0 Å². The summed E-state index contributed by atoms with van der Waals surface area (Å²) in [5, 5.41) is 10.7. The van der Waals surface area contributed by atoms with E-state index in [0.717, 1.165) is 6.07 Å². The minimum Gasteiger partial charge on any atom is -0.462 e. The van der Waals surface area contributed by atoms with E-state index < -0.39 is 16.6 Å². The van der Waals surface area contributed by atoms with Crippen molar-refractivity contribution in [1.29, 1.82) is 0 Å². The largest absolute Gasteiger partial charge is 0.462 e. The number of esters is 1. The van der Waals surface area contributed by atoms with Crippen molar-refractivity contribution in [2.75, 3.05) is 6.61 Å². The second-order valence-corrected chi connectivity index (χ2v) is 2.87. The van der Waals surface area contributed by atoms with Crippen LogP contribution in [0.5, 0.6) is 0 Å². The van der Waals surface area contributed by atoms with E-state index in [4.69, 9.17) is 0 Å². The average Bonchev–Trinajstić information content (AvgIpc) is 2.28. The van der Waals surface area contributed by atoms with Crippen LogP contribution in [0.4, 0.5) is 5.69 Å². The lowest BCUT2D eigenvalue weighted by atomic mass is 10.1. The van der Waals surface area contributed by atoms with Crippen molar-refractivity contribution in [2.45, 2.75) is 6.92 Å². The number of aldehydes is 1. The third kappa shape index (κ3) is 2.41. The summed E-state index contributed by atoms with van der Waals surface area (Å²) in [5.74, 6) is -0.772. The quantitative estimate of drug-likeness (QED) is 0.334. The molecule has 0 fully saturated rings. The monoisotopic (exact) mass is 223 g/mol. The Morgan fingerprint density at radius 3 is 2.75 bits per heavy atom. The number of benzene rings is 1. The van der Waals surface area contributed by atoms with Gasteiger partial charge in [-0.05, 0) is 13.0 Å². The fraction of sp³-hybridized carbons (Fsp3) is 0.200. The molecule has 0 spiro atoms. The maximum atomic E-state index is 11.4. The minimum absolute atomic E-state index is 0.130. The Morgan fingerprint density at radius 2 is 2.25 bits per heavy atom. The number of nitro groups is 1. The van der Waals surface area contributed by atoms with Crippen LogP contribution in [0.15, 0.2) is 18.2 Å². The zero-order chi connectivity index (χ0) is 12.1. The molecule has 0 bridgehead atoms. The Hall–Kier alpha value is -2.24. The van der Waals surface area contributed by atoms with Crippen molar-refractivity contribution in [3.63, 3.8) is 0 Å². The first kappa shape index (κ1) is 11.8. The zero-order valence-electron chi connectivity index (χ0n) is 8.50. The smallest absolute Gasteiger partial charge is 0.345 e. The van der Waals surface area contributed by atoms with E-state index in [-0.39, 0.29) is 17.7 Å². The number of carbonyl (C=O) groups excluding carboxylic acids is 2. The number of rotatable bonds is 4. The third-order valence-electron chi connectivity index (χ3n) is 1.85. The molecule has 1 aromatic carbocycles. The lowest BCUT2D eigenvalue weighted by molar-refractivity contribution is -0.385. The second-order valence-electron chi connectivity index (χ2n) is 2.87. The van der Waals surface area contributed by atoms with Gasteiger partial charge in [-0.3, -0.25) is 14.9 Å².